The SMILES string of the molecule is Cc1sc2nc(S[C@@H](C)c3nnc(-c4cccs4)o3)n(C(C)C)c(=O)c2c1C. The van der Waals surface area contributed by atoms with Gasteiger partial charge in [-0.1, -0.05) is 17.8 Å². The van der Waals surface area contributed by atoms with Crippen molar-refractivity contribution in [3.8, 4) is 10.8 Å². The second-order valence-corrected chi connectivity index (χ2v) is 10.3. The summed E-state index contributed by atoms with van der Waals surface area (Å²) in [5.41, 5.74) is 1.04. The van der Waals surface area contributed by atoms with Gasteiger partial charge in [0.25, 0.3) is 11.4 Å². The minimum absolute atomic E-state index is 0.00284. The van der Waals surface area contributed by atoms with Crippen LogP contribution in [-0.2, 0) is 0 Å². The van der Waals surface area contributed by atoms with Crippen LogP contribution in [0.2, 0.25) is 0 Å². The molecule has 0 spiro atoms. The van der Waals surface area contributed by atoms with E-state index in [0.29, 0.717) is 16.9 Å². The Labute approximate surface area is 174 Å². The van der Waals surface area contributed by atoms with Crippen LogP contribution in [0, 0.1) is 13.8 Å². The zero-order chi connectivity index (χ0) is 20.0. The molecule has 0 amide bonds. The molecular formula is C19H20N4O2S3. The van der Waals surface area contributed by atoms with Crippen molar-refractivity contribution in [1.29, 1.82) is 0 Å². The first-order chi connectivity index (χ1) is 13.4. The lowest BCUT2D eigenvalue weighted by atomic mass is 10.2. The Hall–Kier alpha value is -1.97. The summed E-state index contributed by atoms with van der Waals surface area (Å²) in [6.45, 7) is 10.0. The maximum absolute atomic E-state index is 13.2. The molecule has 0 fully saturated rings. The third-order valence-corrected chi connectivity index (χ3v) is 7.53. The highest BCUT2D eigenvalue weighted by Crippen LogP contribution is 2.37. The molecule has 0 saturated heterocycles. The van der Waals surface area contributed by atoms with Gasteiger partial charge in [-0.15, -0.1) is 32.9 Å². The molecule has 4 rings (SSSR count). The number of thioether (sulfide) groups is 1. The summed E-state index contributed by atoms with van der Waals surface area (Å²) >= 11 is 4.60. The molecular weight excluding hydrogens is 412 g/mol. The molecule has 0 saturated carbocycles. The predicted octanol–water partition coefficient (Wildman–Crippen LogP) is 5.62. The van der Waals surface area contributed by atoms with Crippen LogP contribution in [0.3, 0.4) is 0 Å². The van der Waals surface area contributed by atoms with E-state index < -0.39 is 0 Å². The normalized spacial score (nSPS) is 12.9. The minimum atomic E-state index is -0.127. The van der Waals surface area contributed by atoms with E-state index in [4.69, 9.17) is 9.40 Å². The average Bonchev–Trinajstić information content (AvgIpc) is 3.36. The Bertz CT molecular complexity index is 1190. The Kier molecular flexibility index (Phi) is 5.15. The van der Waals surface area contributed by atoms with Gasteiger partial charge in [-0.25, -0.2) is 4.98 Å². The second-order valence-electron chi connectivity index (χ2n) is 6.81. The van der Waals surface area contributed by atoms with E-state index in [2.05, 4.69) is 10.2 Å². The molecule has 4 heterocycles. The van der Waals surface area contributed by atoms with Gasteiger partial charge < -0.3 is 4.42 Å². The number of nitrogens with zero attached hydrogens (tertiary/aromatic N) is 4. The van der Waals surface area contributed by atoms with Crippen molar-refractivity contribution < 1.29 is 4.42 Å². The lowest BCUT2D eigenvalue weighted by molar-refractivity contribution is 0.503. The van der Waals surface area contributed by atoms with Crippen molar-refractivity contribution in [2.75, 3.05) is 0 Å². The molecule has 0 aliphatic rings. The summed E-state index contributed by atoms with van der Waals surface area (Å²) in [5.74, 6) is 1.04. The molecule has 0 aliphatic carbocycles. The molecule has 0 unspecified atom stereocenters. The first-order valence-electron chi connectivity index (χ1n) is 8.93. The van der Waals surface area contributed by atoms with Crippen LogP contribution >= 0.6 is 34.4 Å². The van der Waals surface area contributed by atoms with E-state index in [9.17, 15) is 4.79 Å². The fourth-order valence-electron chi connectivity index (χ4n) is 2.93. The second kappa shape index (κ2) is 7.46. The number of hydrogen-bond acceptors (Lipinski definition) is 8. The van der Waals surface area contributed by atoms with Crippen LogP contribution in [0.1, 0.15) is 48.4 Å². The van der Waals surface area contributed by atoms with E-state index >= 15 is 0 Å². The van der Waals surface area contributed by atoms with Crippen LogP contribution in [0.5, 0.6) is 0 Å². The summed E-state index contributed by atoms with van der Waals surface area (Å²) < 4.78 is 7.62. The third kappa shape index (κ3) is 3.31. The summed E-state index contributed by atoms with van der Waals surface area (Å²) in [5, 5.41) is 11.6. The van der Waals surface area contributed by atoms with Gasteiger partial charge in [0.2, 0.25) is 5.89 Å². The van der Waals surface area contributed by atoms with Gasteiger partial charge in [0, 0.05) is 10.9 Å². The van der Waals surface area contributed by atoms with Crippen LogP contribution in [0.15, 0.2) is 31.9 Å². The molecule has 0 aliphatic heterocycles. The van der Waals surface area contributed by atoms with Crippen LogP contribution in [-0.4, -0.2) is 19.7 Å². The predicted molar refractivity (Wildman–Crippen MR) is 116 cm³/mol. The van der Waals surface area contributed by atoms with E-state index in [1.807, 2.05) is 52.1 Å². The van der Waals surface area contributed by atoms with Gasteiger partial charge in [-0.05, 0) is 51.6 Å². The lowest BCUT2D eigenvalue weighted by Crippen LogP contribution is -2.25. The molecule has 6 nitrogen and oxygen atoms in total. The Balaban J connectivity index is 1.73. The molecule has 4 aromatic rings. The summed E-state index contributed by atoms with van der Waals surface area (Å²) in [6, 6.07) is 3.91. The summed E-state index contributed by atoms with van der Waals surface area (Å²) in [4.78, 5) is 20.8. The van der Waals surface area contributed by atoms with E-state index in [0.717, 1.165) is 25.5 Å². The van der Waals surface area contributed by atoms with Gasteiger partial charge >= 0.3 is 0 Å². The van der Waals surface area contributed by atoms with Gasteiger partial charge in [0.1, 0.15) is 4.83 Å². The maximum Gasteiger partial charge on any atom is 0.263 e. The third-order valence-electron chi connectivity index (χ3n) is 4.52. The summed E-state index contributed by atoms with van der Waals surface area (Å²) in [7, 11) is 0. The molecule has 28 heavy (non-hydrogen) atoms. The number of thiophene rings is 2. The summed E-state index contributed by atoms with van der Waals surface area (Å²) in [6.07, 6.45) is 0. The Morgan fingerprint density at radius 1 is 1.21 bits per heavy atom. The Morgan fingerprint density at radius 2 is 2.00 bits per heavy atom. The minimum Gasteiger partial charge on any atom is -0.419 e. The smallest absolute Gasteiger partial charge is 0.263 e. The highest BCUT2D eigenvalue weighted by atomic mass is 32.2. The van der Waals surface area contributed by atoms with Crippen molar-refractivity contribution >= 4 is 44.7 Å². The Morgan fingerprint density at radius 3 is 2.68 bits per heavy atom. The highest BCUT2D eigenvalue weighted by Gasteiger charge is 2.23. The molecule has 0 radical (unpaired) electrons. The van der Waals surface area contributed by atoms with Gasteiger partial charge in [-0.2, -0.15) is 0 Å². The fraction of sp³-hybridized carbons (Fsp3) is 0.368. The molecule has 9 heteroatoms. The largest absolute Gasteiger partial charge is 0.419 e. The number of aromatic nitrogens is 4. The van der Waals surface area contributed by atoms with Crippen molar-refractivity contribution in [2.45, 2.75) is 51.1 Å². The highest BCUT2D eigenvalue weighted by molar-refractivity contribution is 7.99. The van der Waals surface area contributed by atoms with Crippen molar-refractivity contribution in [3.05, 3.63) is 44.2 Å². The zero-order valence-corrected chi connectivity index (χ0v) is 18.7. The van der Waals surface area contributed by atoms with Crippen LogP contribution < -0.4 is 5.56 Å². The van der Waals surface area contributed by atoms with Gasteiger partial charge in [-0.3, -0.25) is 9.36 Å². The topological polar surface area (TPSA) is 73.8 Å². The van der Waals surface area contributed by atoms with Crippen molar-refractivity contribution in [1.82, 2.24) is 19.7 Å². The van der Waals surface area contributed by atoms with Crippen LogP contribution in [0.25, 0.3) is 21.0 Å². The van der Waals surface area contributed by atoms with Crippen LogP contribution in [0.4, 0.5) is 0 Å². The maximum atomic E-state index is 13.2. The fourth-order valence-corrected chi connectivity index (χ4v) is 5.72. The lowest BCUT2D eigenvalue weighted by Gasteiger charge is -2.16. The molecule has 146 valence electrons. The van der Waals surface area contributed by atoms with Gasteiger partial charge in [0.05, 0.1) is 15.5 Å². The number of aryl methyl sites for hydroxylation is 2. The van der Waals surface area contributed by atoms with Crippen molar-refractivity contribution in [3.63, 3.8) is 0 Å². The zero-order valence-electron chi connectivity index (χ0n) is 16.2. The first-order valence-corrected chi connectivity index (χ1v) is 11.5. The van der Waals surface area contributed by atoms with Crippen molar-refractivity contribution in [2.24, 2.45) is 0 Å². The first kappa shape index (κ1) is 19.4. The number of fused-ring (bicyclic) bond motifs is 1. The van der Waals surface area contributed by atoms with E-state index in [1.54, 1.807) is 27.2 Å². The number of rotatable bonds is 5. The standard InChI is InChI=1S/C19H20N4O2S3/c1-9(2)23-18(24)14-10(3)11(4)27-17(14)20-19(23)28-12(5)15-21-22-16(25-15)13-7-6-8-26-13/h6-9,12H,1-5H3/t12-/m0/s1. The van der Waals surface area contributed by atoms with Gasteiger partial charge in [0.15, 0.2) is 5.16 Å². The monoisotopic (exact) mass is 432 g/mol. The van der Waals surface area contributed by atoms with E-state index in [1.165, 1.54) is 11.8 Å². The molecule has 0 N–H and O–H groups in total. The molecule has 1 atom stereocenters. The molecule has 4 aromatic heterocycles. The average molecular weight is 433 g/mol. The van der Waals surface area contributed by atoms with E-state index in [-0.39, 0.29) is 16.9 Å². The quantitative estimate of drug-likeness (QED) is 0.301. The molecule has 0 aromatic carbocycles. The molecule has 0 bridgehead atoms. The number of hydrogen-bond donors (Lipinski definition) is 0.